The van der Waals surface area contributed by atoms with Gasteiger partial charge in [-0.3, -0.25) is 9.48 Å². The van der Waals surface area contributed by atoms with Crippen LogP contribution in [-0.4, -0.2) is 21.6 Å². The summed E-state index contributed by atoms with van der Waals surface area (Å²) in [6, 6.07) is -0.138. The summed E-state index contributed by atoms with van der Waals surface area (Å²) in [5.41, 5.74) is 7.21. The van der Waals surface area contributed by atoms with Crippen molar-refractivity contribution >= 4 is 17.4 Å². The van der Waals surface area contributed by atoms with Gasteiger partial charge < -0.3 is 5.73 Å². The second kappa shape index (κ2) is 4.97. The molecule has 1 aromatic heterocycles. The van der Waals surface area contributed by atoms with Gasteiger partial charge in [0.1, 0.15) is 5.78 Å². The van der Waals surface area contributed by atoms with Crippen LogP contribution in [0.15, 0.2) is 0 Å². The summed E-state index contributed by atoms with van der Waals surface area (Å²) >= 11 is 6.08. The highest BCUT2D eigenvalue weighted by Gasteiger charge is 2.21. The van der Waals surface area contributed by atoms with Gasteiger partial charge in [0.15, 0.2) is 0 Å². The molecule has 0 aliphatic rings. The highest BCUT2D eigenvalue weighted by molar-refractivity contribution is 6.32. The summed E-state index contributed by atoms with van der Waals surface area (Å²) in [6.45, 7) is 5.49. The maximum absolute atomic E-state index is 11.9. The number of aromatic nitrogens is 2. The van der Waals surface area contributed by atoms with Crippen molar-refractivity contribution in [3.05, 3.63) is 16.4 Å². The van der Waals surface area contributed by atoms with Crippen molar-refractivity contribution in [2.45, 2.75) is 33.2 Å². The van der Waals surface area contributed by atoms with Crippen molar-refractivity contribution in [1.82, 2.24) is 9.78 Å². The molecule has 0 saturated heterocycles. The van der Waals surface area contributed by atoms with Gasteiger partial charge in [-0.15, -0.1) is 0 Å². The van der Waals surface area contributed by atoms with Gasteiger partial charge in [0.2, 0.25) is 0 Å². The van der Waals surface area contributed by atoms with Crippen molar-refractivity contribution in [3.8, 4) is 0 Å². The summed E-state index contributed by atoms with van der Waals surface area (Å²) in [5, 5.41) is 4.75. The van der Waals surface area contributed by atoms with Gasteiger partial charge in [-0.05, 0) is 13.8 Å². The van der Waals surface area contributed by atoms with Crippen LogP contribution in [0.25, 0.3) is 0 Å². The number of aryl methyl sites for hydroxylation is 2. The van der Waals surface area contributed by atoms with E-state index in [0.29, 0.717) is 11.4 Å². The molecular weight excluding hydrogens is 226 g/mol. The third kappa shape index (κ3) is 2.62. The van der Waals surface area contributed by atoms with Crippen molar-refractivity contribution in [1.29, 1.82) is 0 Å². The Morgan fingerprint density at radius 2 is 2.12 bits per heavy atom. The molecule has 0 aliphatic carbocycles. The Balaban J connectivity index is 2.85. The van der Waals surface area contributed by atoms with E-state index < -0.39 is 0 Å². The molecule has 2 N–H and O–H groups in total. The van der Waals surface area contributed by atoms with E-state index in [0.717, 1.165) is 11.4 Å². The van der Waals surface area contributed by atoms with Gasteiger partial charge in [-0.25, -0.2) is 0 Å². The van der Waals surface area contributed by atoms with Crippen LogP contribution in [0.4, 0.5) is 0 Å². The van der Waals surface area contributed by atoms with E-state index in [1.54, 1.807) is 11.7 Å². The van der Waals surface area contributed by atoms with Crippen LogP contribution in [-0.2, 0) is 18.3 Å². The van der Waals surface area contributed by atoms with Crippen LogP contribution in [0.1, 0.15) is 25.2 Å². The first-order valence-corrected chi connectivity index (χ1v) is 5.68. The van der Waals surface area contributed by atoms with E-state index in [9.17, 15) is 4.79 Å². The zero-order valence-corrected chi connectivity index (χ0v) is 10.9. The number of halogens is 1. The van der Waals surface area contributed by atoms with E-state index in [4.69, 9.17) is 17.3 Å². The summed E-state index contributed by atoms with van der Waals surface area (Å²) < 4.78 is 1.66. The third-order valence-electron chi connectivity index (χ3n) is 2.90. The minimum atomic E-state index is -0.161. The topological polar surface area (TPSA) is 60.9 Å². The standard InChI is InChI=1S/C11H18ClN3O/c1-6(7(2)13)10(16)5-9-11(12)8(3)14-15(9)4/h6-7H,5,13H2,1-4H3. The van der Waals surface area contributed by atoms with Crippen LogP contribution in [0.5, 0.6) is 0 Å². The molecule has 5 heteroatoms. The third-order valence-corrected chi connectivity index (χ3v) is 3.39. The molecule has 0 amide bonds. The van der Waals surface area contributed by atoms with E-state index in [1.165, 1.54) is 0 Å². The molecule has 1 heterocycles. The number of carbonyl (C=O) groups is 1. The number of carbonyl (C=O) groups excluding carboxylic acids is 1. The molecule has 1 aromatic rings. The van der Waals surface area contributed by atoms with Gasteiger partial charge in [-0.1, -0.05) is 18.5 Å². The highest BCUT2D eigenvalue weighted by Crippen LogP contribution is 2.21. The van der Waals surface area contributed by atoms with Crippen molar-refractivity contribution in [2.24, 2.45) is 18.7 Å². The number of hydrogen-bond donors (Lipinski definition) is 1. The molecule has 1 rings (SSSR count). The van der Waals surface area contributed by atoms with Crippen LogP contribution in [0, 0.1) is 12.8 Å². The quantitative estimate of drug-likeness (QED) is 0.871. The predicted octanol–water partition coefficient (Wildman–Crippen LogP) is 1.48. The zero-order valence-electron chi connectivity index (χ0n) is 10.1. The Kier molecular flexibility index (Phi) is 4.10. The molecule has 0 spiro atoms. The lowest BCUT2D eigenvalue weighted by molar-refractivity contribution is -0.122. The number of rotatable bonds is 4. The molecule has 16 heavy (non-hydrogen) atoms. The molecule has 2 unspecified atom stereocenters. The van der Waals surface area contributed by atoms with Gasteiger partial charge in [0.25, 0.3) is 0 Å². The normalized spacial score (nSPS) is 14.9. The lowest BCUT2D eigenvalue weighted by Gasteiger charge is -2.14. The molecule has 0 saturated carbocycles. The molecule has 0 bridgehead atoms. The van der Waals surface area contributed by atoms with Gasteiger partial charge in [0, 0.05) is 19.0 Å². The van der Waals surface area contributed by atoms with Gasteiger partial charge in [0.05, 0.1) is 22.8 Å². The molecule has 2 atom stereocenters. The van der Waals surface area contributed by atoms with Crippen molar-refractivity contribution < 1.29 is 4.79 Å². The maximum atomic E-state index is 11.9. The molecule has 90 valence electrons. The molecule has 0 aliphatic heterocycles. The Hall–Kier alpha value is -0.870. The Labute approximate surface area is 101 Å². The minimum absolute atomic E-state index is 0.0971. The first-order chi connectivity index (χ1) is 7.34. The molecule has 0 aromatic carbocycles. The SMILES string of the molecule is Cc1nn(C)c(CC(=O)C(C)C(C)N)c1Cl. The summed E-state index contributed by atoms with van der Waals surface area (Å²) in [6.07, 6.45) is 0.291. The van der Waals surface area contributed by atoms with Crippen LogP contribution in [0.3, 0.4) is 0 Å². The first-order valence-electron chi connectivity index (χ1n) is 5.30. The molecule has 0 radical (unpaired) electrons. The minimum Gasteiger partial charge on any atom is -0.327 e. The summed E-state index contributed by atoms with van der Waals surface area (Å²) in [4.78, 5) is 11.9. The zero-order chi connectivity index (χ0) is 12.5. The van der Waals surface area contributed by atoms with Gasteiger partial charge >= 0.3 is 0 Å². The van der Waals surface area contributed by atoms with E-state index >= 15 is 0 Å². The largest absolute Gasteiger partial charge is 0.327 e. The number of nitrogens with zero attached hydrogens (tertiary/aromatic N) is 2. The Morgan fingerprint density at radius 3 is 2.50 bits per heavy atom. The van der Waals surface area contributed by atoms with Crippen LogP contribution in [0.2, 0.25) is 5.02 Å². The fraction of sp³-hybridized carbons (Fsp3) is 0.636. The number of nitrogens with two attached hydrogens (primary N) is 1. The van der Waals surface area contributed by atoms with Crippen molar-refractivity contribution in [3.63, 3.8) is 0 Å². The highest BCUT2D eigenvalue weighted by atomic mass is 35.5. The second-order valence-electron chi connectivity index (χ2n) is 4.26. The average Bonchev–Trinajstić information content (AvgIpc) is 2.43. The van der Waals surface area contributed by atoms with Crippen molar-refractivity contribution in [2.75, 3.05) is 0 Å². The second-order valence-corrected chi connectivity index (χ2v) is 4.64. The number of ketones is 1. The molecule has 0 fully saturated rings. The lowest BCUT2D eigenvalue weighted by atomic mass is 9.96. The number of hydrogen-bond acceptors (Lipinski definition) is 3. The smallest absolute Gasteiger partial charge is 0.143 e. The van der Waals surface area contributed by atoms with Gasteiger partial charge in [-0.2, -0.15) is 5.10 Å². The monoisotopic (exact) mass is 243 g/mol. The van der Waals surface area contributed by atoms with Crippen LogP contribution >= 0.6 is 11.6 Å². The lowest BCUT2D eigenvalue weighted by Crippen LogP contribution is -2.31. The number of Topliss-reactive ketones (excluding diaryl/α,β-unsaturated/α-hetero) is 1. The first kappa shape index (κ1) is 13.2. The van der Waals surface area contributed by atoms with E-state index in [1.807, 2.05) is 20.8 Å². The van der Waals surface area contributed by atoms with Crippen LogP contribution < -0.4 is 5.73 Å². The predicted molar refractivity (Wildman–Crippen MR) is 64.5 cm³/mol. The fourth-order valence-corrected chi connectivity index (χ4v) is 1.72. The molecular formula is C11H18ClN3O. The van der Waals surface area contributed by atoms with E-state index in [-0.39, 0.29) is 17.7 Å². The maximum Gasteiger partial charge on any atom is 0.143 e. The fourth-order valence-electron chi connectivity index (χ4n) is 1.49. The van der Waals surface area contributed by atoms with E-state index in [2.05, 4.69) is 5.10 Å². The Bertz CT molecular complexity index is 398. The average molecular weight is 244 g/mol. The summed E-state index contributed by atoms with van der Waals surface area (Å²) in [7, 11) is 1.79. The Morgan fingerprint density at radius 1 is 1.56 bits per heavy atom. The summed E-state index contributed by atoms with van der Waals surface area (Å²) in [5.74, 6) is -0.0637. The molecule has 4 nitrogen and oxygen atoms in total.